The number of aliphatic hydroxyl groups is 1. The number of nitrogens with one attached hydrogen (secondary N) is 2. The Labute approximate surface area is 297 Å². The standard InChI is InChI=1S/C40H56N4O6/c1-26(2)23-43-40(41)42-19-18-27-20-35-29-13-16-33(46)22-32(45)15-12-28-14-17-36(47)38(48-3)34(28)11-7-8-30(21-29)37(39(35)49-24-27)50-25-44-31-9-5-4-6-10-31/h14,17,21,26-27,31,33,44,46-47H,4-6,8-10,12-13,15-16,18-20,22-25H2,1-3H3,(H3,41,42,43)/t27-,33-/m1/s1. The molecule has 5 rings (SSSR count). The molecule has 50 heavy (non-hydrogen) atoms. The summed E-state index contributed by atoms with van der Waals surface area (Å²) in [4.78, 5) is 17.4. The van der Waals surface area contributed by atoms with Gasteiger partial charge in [-0.2, -0.15) is 0 Å². The molecule has 1 fully saturated rings. The zero-order valence-electron chi connectivity index (χ0n) is 30.1. The van der Waals surface area contributed by atoms with E-state index in [9.17, 15) is 15.0 Å². The second kappa shape index (κ2) is 18.3. The number of phenolic OH excluding ortho intramolecular Hbond substituents is 1. The summed E-state index contributed by atoms with van der Waals surface area (Å²) in [7, 11) is 1.51. The van der Waals surface area contributed by atoms with Crippen molar-refractivity contribution in [2.75, 3.05) is 33.5 Å². The summed E-state index contributed by atoms with van der Waals surface area (Å²) in [5.74, 6) is 9.48. The number of carbonyl (C=O) groups excluding carboxylic acids is 1. The van der Waals surface area contributed by atoms with E-state index in [-0.39, 0.29) is 30.3 Å². The van der Waals surface area contributed by atoms with Crippen molar-refractivity contribution in [1.29, 1.82) is 0 Å². The number of nitrogens with zero attached hydrogens (tertiary/aromatic N) is 1. The molecule has 0 unspecified atom stereocenters. The molecule has 272 valence electrons. The molecule has 0 radical (unpaired) electrons. The Balaban J connectivity index is 1.47. The van der Waals surface area contributed by atoms with Gasteiger partial charge in [0.1, 0.15) is 12.5 Å². The lowest BCUT2D eigenvalue weighted by atomic mass is 9.86. The third-order valence-corrected chi connectivity index (χ3v) is 9.95. The monoisotopic (exact) mass is 688 g/mol. The zero-order valence-corrected chi connectivity index (χ0v) is 30.1. The normalized spacial score (nSPS) is 20.3. The van der Waals surface area contributed by atoms with Gasteiger partial charge in [-0.15, -0.1) is 0 Å². The number of Topliss-reactive ketones (excluding diaryl/α,β-unsaturated/α-hetero) is 1. The van der Waals surface area contributed by atoms with E-state index in [1.165, 1.54) is 26.4 Å². The molecule has 1 saturated carbocycles. The van der Waals surface area contributed by atoms with Gasteiger partial charge < -0.3 is 35.5 Å². The van der Waals surface area contributed by atoms with E-state index in [2.05, 4.69) is 47.4 Å². The smallest absolute Gasteiger partial charge is 0.188 e. The molecule has 2 bridgehead atoms. The van der Waals surface area contributed by atoms with Crippen molar-refractivity contribution in [3.63, 3.8) is 0 Å². The van der Waals surface area contributed by atoms with Crippen LogP contribution in [0, 0.1) is 23.7 Å². The Morgan fingerprint density at radius 2 is 1.90 bits per heavy atom. The number of aryl methyl sites for hydroxylation is 2. The summed E-state index contributed by atoms with van der Waals surface area (Å²) in [6.07, 6.45) is 9.17. The molecular formula is C40H56N4O6. The lowest BCUT2D eigenvalue weighted by molar-refractivity contribution is -0.121. The number of benzene rings is 2. The number of aromatic hydroxyl groups is 1. The molecule has 2 aliphatic carbocycles. The van der Waals surface area contributed by atoms with Crippen LogP contribution in [0.2, 0.25) is 0 Å². The summed E-state index contributed by atoms with van der Waals surface area (Å²) < 4.78 is 18.7. The Hall–Kier alpha value is -3.94. The number of guanidine groups is 1. The second-order valence-electron chi connectivity index (χ2n) is 14.4. The number of aliphatic hydroxyl groups excluding tert-OH is 1. The van der Waals surface area contributed by atoms with Crippen molar-refractivity contribution in [2.24, 2.45) is 22.6 Å². The zero-order chi connectivity index (χ0) is 35.5. The average molecular weight is 689 g/mol. The minimum atomic E-state index is -0.759. The molecule has 1 aliphatic heterocycles. The highest BCUT2D eigenvalue weighted by Crippen LogP contribution is 2.43. The molecule has 0 saturated heterocycles. The number of fused-ring (bicyclic) bond motifs is 5. The molecule has 3 aliphatic rings. The first-order valence-corrected chi connectivity index (χ1v) is 18.5. The number of ketones is 1. The highest BCUT2D eigenvalue weighted by molar-refractivity contribution is 5.79. The Kier molecular flexibility index (Phi) is 13.7. The first-order valence-electron chi connectivity index (χ1n) is 18.5. The van der Waals surface area contributed by atoms with Crippen molar-refractivity contribution in [2.45, 2.75) is 109 Å². The number of methoxy groups -OCH3 is 1. The van der Waals surface area contributed by atoms with E-state index in [1.807, 2.05) is 0 Å². The number of aliphatic imine (C=N–C) groups is 1. The minimum Gasteiger partial charge on any atom is -0.504 e. The van der Waals surface area contributed by atoms with Gasteiger partial charge in [0.2, 0.25) is 0 Å². The number of phenols is 1. The average Bonchev–Trinajstić information content (AvgIpc) is 3.10. The first kappa shape index (κ1) is 37.3. The van der Waals surface area contributed by atoms with E-state index in [4.69, 9.17) is 19.9 Å². The number of nitrogens with two attached hydrogens (primary N) is 1. The van der Waals surface area contributed by atoms with Crippen LogP contribution in [-0.4, -0.2) is 67.6 Å². The highest BCUT2D eigenvalue weighted by Gasteiger charge is 2.29. The number of ether oxygens (including phenoxy) is 3. The van der Waals surface area contributed by atoms with Crippen LogP contribution in [0.1, 0.15) is 99.5 Å². The molecule has 0 spiro atoms. The minimum absolute atomic E-state index is 0.00206. The Morgan fingerprint density at radius 3 is 2.68 bits per heavy atom. The van der Waals surface area contributed by atoms with Crippen LogP contribution in [0.5, 0.6) is 23.0 Å². The maximum absolute atomic E-state index is 13.0. The number of hydrogen-bond donors (Lipinski definition) is 5. The molecule has 0 amide bonds. The van der Waals surface area contributed by atoms with Crippen molar-refractivity contribution in [3.8, 4) is 34.8 Å². The predicted molar refractivity (Wildman–Crippen MR) is 196 cm³/mol. The van der Waals surface area contributed by atoms with E-state index >= 15 is 0 Å². The van der Waals surface area contributed by atoms with Crippen molar-refractivity contribution in [3.05, 3.63) is 46.0 Å². The lowest BCUT2D eigenvalue weighted by Crippen LogP contribution is -2.35. The Bertz CT molecular complexity index is 1560. The fourth-order valence-corrected chi connectivity index (χ4v) is 7.15. The third-order valence-electron chi connectivity index (χ3n) is 9.95. The number of carbonyl (C=O) groups is 1. The maximum Gasteiger partial charge on any atom is 0.188 e. The number of rotatable bonds is 10. The fourth-order valence-electron chi connectivity index (χ4n) is 7.15. The van der Waals surface area contributed by atoms with E-state index < -0.39 is 6.10 Å². The molecule has 0 aromatic heterocycles. The second-order valence-corrected chi connectivity index (χ2v) is 14.4. The Morgan fingerprint density at radius 1 is 1.08 bits per heavy atom. The van der Waals surface area contributed by atoms with Crippen LogP contribution < -0.4 is 30.6 Å². The first-order chi connectivity index (χ1) is 24.2. The van der Waals surface area contributed by atoms with Gasteiger partial charge in [-0.1, -0.05) is 57.1 Å². The molecule has 2 atom stereocenters. The molecule has 1 heterocycles. The topological polar surface area (TPSA) is 148 Å². The van der Waals surface area contributed by atoms with Crippen LogP contribution in [0.15, 0.2) is 23.2 Å². The van der Waals surface area contributed by atoms with Gasteiger partial charge in [0.15, 0.2) is 29.0 Å². The fraction of sp³-hybridized carbons (Fsp3) is 0.600. The van der Waals surface area contributed by atoms with Crippen LogP contribution in [0.3, 0.4) is 0 Å². The maximum atomic E-state index is 13.0. The SMILES string of the molecule is COc1c(O)ccc2c1C#CCc1cc(c3c(c1OCNC1CCCCC1)OC[C@H](CCNC(N)=NCC(C)C)C3)CC[C@@H](O)CC(=O)CC2. The summed E-state index contributed by atoms with van der Waals surface area (Å²) >= 11 is 0. The summed E-state index contributed by atoms with van der Waals surface area (Å²) in [6.45, 7) is 6.52. The van der Waals surface area contributed by atoms with E-state index in [0.29, 0.717) is 87.1 Å². The van der Waals surface area contributed by atoms with Gasteiger partial charge >= 0.3 is 0 Å². The van der Waals surface area contributed by atoms with Crippen molar-refractivity contribution in [1.82, 2.24) is 10.6 Å². The molecule has 10 nitrogen and oxygen atoms in total. The molecule has 2 aromatic rings. The van der Waals surface area contributed by atoms with Crippen LogP contribution >= 0.6 is 0 Å². The van der Waals surface area contributed by atoms with E-state index in [1.54, 1.807) is 12.1 Å². The van der Waals surface area contributed by atoms with Gasteiger partial charge in [0, 0.05) is 49.5 Å². The predicted octanol–water partition coefficient (Wildman–Crippen LogP) is 4.95. The van der Waals surface area contributed by atoms with Gasteiger partial charge in [0.25, 0.3) is 0 Å². The summed E-state index contributed by atoms with van der Waals surface area (Å²) in [5.41, 5.74) is 10.6. The molecule has 2 aromatic carbocycles. The highest BCUT2D eigenvalue weighted by atomic mass is 16.5. The van der Waals surface area contributed by atoms with Crippen LogP contribution in [0.4, 0.5) is 0 Å². The van der Waals surface area contributed by atoms with Crippen molar-refractivity contribution < 1.29 is 29.2 Å². The van der Waals surface area contributed by atoms with Crippen molar-refractivity contribution >= 4 is 11.7 Å². The van der Waals surface area contributed by atoms with Crippen LogP contribution in [0.25, 0.3) is 0 Å². The third kappa shape index (κ3) is 10.3. The van der Waals surface area contributed by atoms with Crippen LogP contribution in [-0.2, 0) is 30.5 Å². The quantitative estimate of drug-likeness (QED) is 0.101. The van der Waals surface area contributed by atoms with Gasteiger partial charge in [0.05, 0.1) is 25.4 Å². The van der Waals surface area contributed by atoms with E-state index in [0.717, 1.165) is 53.7 Å². The number of hydrogen-bond acceptors (Lipinski definition) is 8. The van der Waals surface area contributed by atoms with Gasteiger partial charge in [-0.05, 0) is 74.0 Å². The molecule has 10 heteroatoms. The largest absolute Gasteiger partial charge is 0.504 e. The lowest BCUT2D eigenvalue weighted by Gasteiger charge is -2.31. The summed E-state index contributed by atoms with van der Waals surface area (Å²) in [5, 5.41) is 28.4. The molecule has 6 N–H and O–H groups in total. The van der Waals surface area contributed by atoms with Gasteiger partial charge in [-0.3, -0.25) is 15.1 Å². The molecular weight excluding hydrogens is 632 g/mol. The summed E-state index contributed by atoms with van der Waals surface area (Å²) in [6, 6.07) is 5.95. The van der Waals surface area contributed by atoms with Gasteiger partial charge in [-0.25, -0.2) is 0 Å².